The van der Waals surface area contributed by atoms with Crippen molar-refractivity contribution >= 4 is 11.7 Å². The molecule has 1 saturated heterocycles. The van der Waals surface area contributed by atoms with Crippen molar-refractivity contribution in [2.75, 3.05) is 11.4 Å². The zero-order valence-corrected chi connectivity index (χ0v) is 14.9. The van der Waals surface area contributed by atoms with Gasteiger partial charge in [0.1, 0.15) is 17.2 Å². The fourth-order valence-corrected chi connectivity index (χ4v) is 3.39. The molecule has 1 aliphatic carbocycles. The lowest BCUT2D eigenvalue weighted by atomic mass is 10.0. The number of nitrogens with one attached hydrogen (secondary N) is 1. The lowest BCUT2D eigenvalue weighted by molar-refractivity contribution is 0.0950. The highest BCUT2D eigenvalue weighted by molar-refractivity contribution is 5.99. The van der Waals surface area contributed by atoms with Gasteiger partial charge in [-0.1, -0.05) is 0 Å². The second-order valence-electron chi connectivity index (χ2n) is 7.22. The van der Waals surface area contributed by atoms with Crippen molar-refractivity contribution in [1.82, 2.24) is 15.3 Å². The third-order valence-corrected chi connectivity index (χ3v) is 5.10. The van der Waals surface area contributed by atoms with Crippen LogP contribution in [0.25, 0.3) is 11.4 Å². The summed E-state index contributed by atoms with van der Waals surface area (Å²) in [6, 6.07) is 6.74. The highest BCUT2D eigenvalue weighted by Crippen LogP contribution is 2.29. The maximum Gasteiger partial charge on any atom is 0.256 e. The van der Waals surface area contributed by atoms with E-state index in [0.717, 1.165) is 37.8 Å². The van der Waals surface area contributed by atoms with Crippen LogP contribution in [0.1, 0.15) is 49.4 Å². The average Bonchev–Trinajstić information content (AvgIpc) is 3.46. The fraction of sp³-hybridized carbons (Fsp3) is 0.450. The van der Waals surface area contributed by atoms with Crippen LogP contribution in [0.2, 0.25) is 0 Å². The van der Waals surface area contributed by atoms with Gasteiger partial charge in [0.15, 0.2) is 5.82 Å². The molecule has 2 aromatic rings. The van der Waals surface area contributed by atoms with Gasteiger partial charge in [-0.2, -0.15) is 0 Å². The molecule has 1 aromatic carbocycles. The quantitative estimate of drug-likeness (QED) is 0.912. The van der Waals surface area contributed by atoms with E-state index in [2.05, 4.69) is 22.1 Å². The van der Waals surface area contributed by atoms with Gasteiger partial charge >= 0.3 is 0 Å². The monoisotopic (exact) mass is 354 g/mol. The van der Waals surface area contributed by atoms with Crippen LogP contribution >= 0.6 is 0 Å². The summed E-state index contributed by atoms with van der Waals surface area (Å²) in [5.41, 5.74) is 1.27. The van der Waals surface area contributed by atoms with Crippen LogP contribution in [0.5, 0.6) is 0 Å². The molecule has 2 fully saturated rings. The number of piperidine rings is 1. The van der Waals surface area contributed by atoms with E-state index in [1.165, 1.54) is 18.6 Å². The molecule has 1 amide bonds. The number of nitrogens with zero attached hydrogens (tertiary/aromatic N) is 3. The number of rotatable bonds is 4. The van der Waals surface area contributed by atoms with Crippen LogP contribution in [0.15, 0.2) is 30.5 Å². The number of aromatic nitrogens is 2. The molecule has 1 saturated carbocycles. The third-order valence-electron chi connectivity index (χ3n) is 5.10. The van der Waals surface area contributed by atoms with Crippen molar-refractivity contribution in [3.63, 3.8) is 0 Å². The highest BCUT2D eigenvalue weighted by atomic mass is 19.1. The van der Waals surface area contributed by atoms with Crippen LogP contribution in [0.3, 0.4) is 0 Å². The molecule has 2 heterocycles. The van der Waals surface area contributed by atoms with E-state index in [9.17, 15) is 9.18 Å². The van der Waals surface area contributed by atoms with Crippen LogP contribution in [0.4, 0.5) is 10.2 Å². The zero-order valence-electron chi connectivity index (χ0n) is 14.9. The minimum absolute atomic E-state index is 0.106. The number of amides is 1. The Labute approximate surface area is 152 Å². The Morgan fingerprint density at radius 3 is 2.65 bits per heavy atom. The van der Waals surface area contributed by atoms with Crippen molar-refractivity contribution in [3.05, 3.63) is 41.8 Å². The molecule has 6 heteroatoms. The number of carbonyl (C=O) groups is 1. The molecule has 26 heavy (non-hydrogen) atoms. The van der Waals surface area contributed by atoms with Crippen molar-refractivity contribution in [1.29, 1.82) is 0 Å². The predicted octanol–water partition coefficient (Wildman–Crippen LogP) is 3.55. The van der Waals surface area contributed by atoms with Crippen LogP contribution in [0, 0.1) is 5.82 Å². The Hall–Kier alpha value is -2.50. The normalized spacial score (nSPS) is 20.1. The fourth-order valence-electron chi connectivity index (χ4n) is 3.39. The van der Waals surface area contributed by atoms with Gasteiger partial charge < -0.3 is 10.2 Å². The summed E-state index contributed by atoms with van der Waals surface area (Å²) in [7, 11) is 0. The number of hydrogen-bond acceptors (Lipinski definition) is 4. The van der Waals surface area contributed by atoms with E-state index in [1.54, 1.807) is 18.3 Å². The molecule has 5 nitrogen and oxygen atoms in total. The highest BCUT2D eigenvalue weighted by Gasteiger charge is 2.29. The zero-order chi connectivity index (χ0) is 18.1. The number of halogens is 1. The van der Waals surface area contributed by atoms with Crippen molar-refractivity contribution < 1.29 is 9.18 Å². The second-order valence-corrected chi connectivity index (χ2v) is 7.22. The first-order valence-electron chi connectivity index (χ1n) is 9.32. The number of carbonyl (C=O) groups excluding carboxylic acids is 1. The molecule has 1 atom stereocenters. The maximum atomic E-state index is 13.2. The first-order chi connectivity index (χ1) is 12.6. The van der Waals surface area contributed by atoms with Gasteiger partial charge in [-0.05, 0) is 63.3 Å². The van der Waals surface area contributed by atoms with Gasteiger partial charge in [0, 0.05) is 30.4 Å². The van der Waals surface area contributed by atoms with Crippen molar-refractivity contribution in [2.45, 2.75) is 51.1 Å². The summed E-state index contributed by atoms with van der Waals surface area (Å²) in [6.45, 7) is 3.05. The van der Waals surface area contributed by atoms with Gasteiger partial charge in [-0.15, -0.1) is 0 Å². The molecule has 1 N–H and O–H groups in total. The van der Waals surface area contributed by atoms with Crippen molar-refractivity contribution in [3.8, 4) is 11.4 Å². The van der Waals surface area contributed by atoms with E-state index >= 15 is 0 Å². The smallest absolute Gasteiger partial charge is 0.256 e. The molecule has 1 aliphatic heterocycles. The van der Waals surface area contributed by atoms with E-state index in [0.29, 0.717) is 23.2 Å². The van der Waals surface area contributed by atoms with Gasteiger partial charge in [0.05, 0.1) is 0 Å². The summed E-state index contributed by atoms with van der Waals surface area (Å²) < 4.78 is 13.2. The molecule has 0 unspecified atom stereocenters. The molecule has 4 rings (SSSR count). The molecular weight excluding hydrogens is 331 g/mol. The predicted molar refractivity (Wildman–Crippen MR) is 98.6 cm³/mol. The Morgan fingerprint density at radius 1 is 1.19 bits per heavy atom. The molecule has 2 aliphatic rings. The summed E-state index contributed by atoms with van der Waals surface area (Å²) in [4.78, 5) is 24.0. The molecule has 136 valence electrons. The van der Waals surface area contributed by atoms with Crippen molar-refractivity contribution in [2.24, 2.45) is 0 Å². The Morgan fingerprint density at radius 2 is 1.96 bits per heavy atom. The maximum absolute atomic E-state index is 13.2. The van der Waals surface area contributed by atoms with Gasteiger partial charge in [-0.3, -0.25) is 4.79 Å². The molecule has 0 bridgehead atoms. The molecule has 0 radical (unpaired) electrons. The summed E-state index contributed by atoms with van der Waals surface area (Å²) in [5, 5.41) is 3.04. The molecule has 0 spiro atoms. The SMILES string of the molecule is C[C@H]1CCCCN1c1nc(-c2ccc(F)cc2)ncc1C(=O)NC1CC1. The van der Waals surface area contributed by atoms with Crippen LogP contribution < -0.4 is 10.2 Å². The largest absolute Gasteiger partial charge is 0.353 e. The minimum Gasteiger partial charge on any atom is -0.353 e. The number of benzene rings is 1. The minimum atomic E-state index is -0.293. The number of anilines is 1. The summed E-state index contributed by atoms with van der Waals surface area (Å²) >= 11 is 0. The topological polar surface area (TPSA) is 58.1 Å². The van der Waals surface area contributed by atoms with E-state index in [-0.39, 0.29) is 17.8 Å². The standard InChI is InChI=1S/C20H23FN4O/c1-13-4-2-3-11-25(13)19-17(20(26)23-16-9-10-16)12-22-18(24-19)14-5-7-15(21)8-6-14/h5-8,12-13,16H,2-4,9-11H2,1H3,(H,23,26)/t13-/m0/s1. The van der Waals surface area contributed by atoms with E-state index in [4.69, 9.17) is 4.98 Å². The van der Waals surface area contributed by atoms with Crippen LogP contribution in [-0.2, 0) is 0 Å². The second kappa shape index (κ2) is 7.02. The Bertz CT molecular complexity index is 804. The van der Waals surface area contributed by atoms with Gasteiger partial charge in [-0.25, -0.2) is 14.4 Å². The summed E-state index contributed by atoms with van der Waals surface area (Å²) in [5.74, 6) is 0.801. The van der Waals surface area contributed by atoms with Crippen LogP contribution in [-0.4, -0.2) is 34.5 Å². The van der Waals surface area contributed by atoms with Gasteiger partial charge in [0.25, 0.3) is 5.91 Å². The third kappa shape index (κ3) is 3.54. The molecule has 1 aromatic heterocycles. The van der Waals surface area contributed by atoms with E-state index < -0.39 is 0 Å². The lowest BCUT2D eigenvalue weighted by Gasteiger charge is -2.35. The average molecular weight is 354 g/mol. The lowest BCUT2D eigenvalue weighted by Crippen LogP contribution is -2.40. The number of hydrogen-bond donors (Lipinski definition) is 1. The first-order valence-corrected chi connectivity index (χ1v) is 9.32. The van der Waals surface area contributed by atoms with E-state index in [1.807, 2.05) is 0 Å². The molecular formula is C20H23FN4O. The summed E-state index contributed by atoms with van der Waals surface area (Å²) in [6.07, 6.45) is 7.05. The Kier molecular flexibility index (Phi) is 4.57. The first kappa shape index (κ1) is 16.9. The van der Waals surface area contributed by atoms with Gasteiger partial charge in [0.2, 0.25) is 0 Å². The Balaban J connectivity index is 1.73.